The van der Waals surface area contributed by atoms with Crippen molar-refractivity contribution in [1.29, 1.82) is 0 Å². The Balaban J connectivity index is 1.46. The van der Waals surface area contributed by atoms with Gasteiger partial charge in [-0.1, -0.05) is 36.4 Å². The van der Waals surface area contributed by atoms with E-state index in [0.717, 1.165) is 38.0 Å². The third-order valence-corrected chi connectivity index (χ3v) is 4.50. The smallest absolute Gasteiger partial charge is 0.241 e. The van der Waals surface area contributed by atoms with E-state index in [1.54, 1.807) is 6.20 Å². The number of carbonyl (C=O) groups is 1. The third kappa shape index (κ3) is 4.40. The second-order valence-corrected chi connectivity index (χ2v) is 6.31. The number of pyridine rings is 1. The minimum absolute atomic E-state index is 0.0908. The molecule has 24 heavy (non-hydrogen) atoms. The third-order valence-electron chi connectivity index (χ3n) is 4.50. The van der Waals surface area contributed by atoms with E-state index < -0.39 is 6.04 Å². The van der Waals surface area contributed by atoms with Gasteiger partial charge in [-0.25, -0.2) is 0 Å². The topological polar surface area (TPSA) is 71.2 Å². The summed E-state index contributed by atoms with van der Waals surface area (Å²) in [6.45, 7) is 2.86. The number of likely N-dealkylation sites (tertiary alicyclic amines) is 1. The zero-order valence-electron chi connectivity index (χ0n) is 13.8. The Hall–Kier alpha value is -2.24. The minimum Gasteiger partial charge on any atom is -0.352 e. The zero-order chi connectivity index (χ0) is 16.8. The highest BCUT2D eigenvalue weighted by Gasteiger charge is 2.23. The molecule has 126 valence electrons. The molecule has 1 saturated heterocycles. The van der Waals surface area contributed by atoms with E-state index in [-0.39, 0.29) is 11.9 Å². The van der Waals surface area contributed by atoms with Crippen molar-refractivity contribution in [2.45, 2.75) is 31.5 Å². The van der Waals surface area contributed by atoms with Crippen molar-refractivity contribution in [3.05, 3.63) is 66.0 Å². The summed E-state index contributed by atoms with van der Waals surface area (Å²) in [4.78, 5) is 18.9. The van der Waals surface area contributed by atoms with E-state index in [2.05, 4.69) is 21.3 Å². The summed E-state index contributed by atoms with van der Waals surface area (Å²) in [5.74, 6) is -0.0908. The quantitative estimate of drug-likeness (QED) is 0.881. The summed E-state index contributed by atoms with van der Waals surface area (Å²) in [5, 5.41) is 3.10. The molecule has 0 spiro atoms. The van der Waals surface area contributed by atoms with Gasteiger partial charge in [0.1, 0.15) is 6.04 Å². The molecular formula is C19H24N4O. The van der Waals surface area contributed by atoms with Gasteiger partial charge >= 0.3 is 0 Å². The van der Waals surface area contributed by atoms with Gasteiger partial charge in [-0.2, -0.15) is 0 Å². The van der Waals surface area contributed by atoms with Crippen molar-refractivity contribution in [3.63, 3.8) is 0 Å². The maximum Gasteiger partial charge on any atom is 0.241 e. The highest BCUT2D eigenvalue weighted by Crippen LogP contribution is 2.15. The molecule has 0 aliphatic carbocycles. The van der Waals surface area contributed by atoms with E-state index >= 15 is 0 Å². The van der Waals surface area contributed by atoms with E-state index in [9.17, 15) is 4.79 Å². The molecule has 3 N–H and O–H groups in total. The molecule has 0 unspecified atom stereocenters. The molecular weight excluding hydrogens is 300 g/mol. The van der Waals surface area contributed by atoms with Crippen molar-refractivity contribution in [1.82, 2.24) is 15.2 Å². The second kappa shape index (κ2) is 8.04. The first-order valence-corrected chi connectivity index (χ1v) is 8.44. The zero-order valence-corrected chi connectivity index (χ0v) is 13.8. The molecule has 1 aliphatic heterocycles. The van der Waals surface area contributed by atoms with Gasteiger partial charge in [-0.05, 0) is 30.0 Å². The van der Waals surface area contributed by atoms with Crippen LogP contribution in [0.1, 0.15) is 30.0 Å². The van der Waals surface area contributed by atoms with E-state index in [4.69, 9.17) is 5.73 Å². The van der Waals surface area contributed by atoms with E-state index in [1.807, 2.05) is 42.6 Å². The van der Waals surface area contributed by atoms with Gasteiger partial charge in [-0.15, -0.1) is 0 Å². The largest absolute Gasteiger partial charge is 0.352 e. The van der Waals surface area contributed by atoms with Crippen LogP contribution in [0.15, 0.2) is 54.9 Å². The van der Waals surface area contributed by atoms with Gasteiger partial charge in [0.15, 0.2) is 0 Å². The van der Waals surface area contributed by atoms with Crippen LogP contribution in [0, 0.1) is 0 Å². The van der Waals surface area contributed by atoms with Crippen LogP contribution in [0.2, 0.25) is 0 Å². The van der Waals surface area contributed by atoms with Crippen molar-refractivity contribution in [2.75, 3.05) is 13.1 Å². The Morgan fingerprint density at radius 3 is 2.62 bits per heavy atom. The number of hydrogen-bond acceptors (Lipinski definition) is 4. The van der Waals surface area contributed by atoms with Crippen LogP contribution in [0.3, 0.4) is 0 Å². The summed E-state index contributed by atoms with van der Waals surface area (Å²) in [5.41, 5.74) is 8.13. The number of rotatable bonds is 5. The standard InChI is InChI=1S/C19H24N4O/c20-18(16-6-2-1-3-7-16)19(24)22-17-8-11-23(12-9-17)14-15-5-4-10-21-13-15/h1-7,10,13,17-18H,8-9,11-12,14,20H2,(H,22,24)/t18-/m1/s1. The van der Waals surface area contributed by atoms with Crippen LogP contribution >= 0.6 is 0 Å². The minimum atomic E-state index is -0.598. The average molecular weight is 324 g/mol. The van der Waals surface area contributed by atoms with Crippen LogP contribution in [-0.2, 0) is 11.3 Å². The lowest BCUT2D eigenvalue weighted by atomic mass is 10.0. The van der Waals surface area contributed by atoms with E-state index in [0.29, 0.717) is 0 Å². The van der Waals surface area contributed by atoms with Gasteiger partial charge < -0.3 is 11.1 Å². The maximum atomic E-state index is 12.3. The fraction of sp³-hybridized carbons (Fsp3) is 0.368. The van der Waals surface area contributed by atoms with Gasteiger partial charge in [0.2, 0.25) is 5.91 Å². The number of nitrogens with zero attached hydrogens (tertiary/aromatic N) is 2. The second-order valence-electron chi connectivity index (χ2n) is 6.31. The summed E-state index contributed by atoms with van der Waals surface area (Å²) in [6, 6.07) is 13.2. The summed E-state index contributed by atoms with van der Waals surface area (Å²) in [7, 11) is 0. The molecule has 5 nitrogen and oxygen atoms in total. The highest BCUT2D eigenvalue weighted by atomic mass is 16.2. The lowest BCUT2D eigenvalue weighted by molar-refractivity contribution is -0.123. The molecule has 1 aromatic carbocycles. The summed E-state index contributed by atoms with van der Waals surface area (Å²) < 4.78 is 0. The molecule has 3 rings (SSSR count). The molecule has 0 bridgehead atoms. The Morgan fingerprint density at radius 1 is 1.21 bits per heavy atom. The lowest BCUT2D eigenvalue weighted by Gasteiger charge is -2.32. The molecule has 1 aromatic heterocycles. The van der Waals surface area contributed by atoms with Gasteiger partial charge in [0.05, 0.1) is 0 Å². The van der Waals surface area contributed by atoms with Crippen LogP contribution in [0.25, 0.3) is 0 Å². The van der Waals surface area contributed by atoms with Crippen molar-refractivity contribution in [2.24, 2.45) is 5.73 Å². The SMILES string of the molecule is N[C@@H](C(=O)NC1CCN(Cc2cccnc2)CC1)c1ccccc1. The number of nitrogens with one attached hydrogen (secondary N) is 1. The first kappa shape index (κ1) is 16.6. The number of carbonyl (C=O) groups excluding carboxylic acids is 1. The van der Waals surface area contributed by atoms with Crippen molar-refractivity contribution < 1.29 is 4.79 Å². The number of aromatic nitrogens is 1. The van der Waals surface area contributed by atoms with Crippen molar-refractivity contribution in [3.8, 4) is 0 Å². The monoisotopic (exact) mass is 324 g/mol. The molecule has 0 saturated carbocycles. The molecule has 2 aromatic rings. The first-order chi connectivity index (χ1) is 11.7. The summed E-state index contributed by atoms with van der Waals surface area (Å²) >= 11 is 0. The Kier molecular flexibility index (Phi) is 5.56. The van der Waals surface area contributed by atoms with Crippen LogP contribution in [0.4, 0.5) is 0 Å². The lowest BCUT2D eigenvalue weighted by Crippen LogP contribution is -2.46. The Bertz CT molecular complexity index is 639. The molecule has 1 fully saturated rings. The van der Waals surface area contributed by atoms with Gasteiger partial charge in [0, 0.05) is 38.1 Å². The van der Waals surface area contributed by atoms with E-state index in [1.165, 1.54) is 5.56 Å². The van der Waals surface area contributed by atoms with Crippen molar-refractivity contribution >= 4 is 5.91 Å². The van der Waals surface area contributed by atoms with Crippen LogP contribution < -0.4 is 11.1 Å². The number of benzene rings is 1. The average Bonchev–Trinajstić information content (AvgIpc) is 2.64. The normalized spacial score (nSPS) is 17.4. The predicted octanol–water partition coefficient (Wildman–Crippen LogP) is 1.86. The molecule has 1 aliphatic rings. The fourth-order valence-electron chi connectivity index (χ4n) is 3.09. The van der Waals surface area contributed by atoms with Gasteiger partial charge in [0.25, 0.3) is 0 Å². The molecule has 0 radical (unpaired) electrons. The van der Waals surface area contributed by atoms with Crippen LogP contribution in [0.5, 0.6) is 0 Å². The number of nitrogens with two attached hydrogens (primary N) is 1. The number of piperidine rings is 1. The number of hydrogen-bond donors (Lipinski definition) is 2. The van der Waals surface area contributed by atoms with Crippen LogP contribution in [-0.4, -0.2) is 34.9 Å². The fourth-order valence-corrected chi connectivity index (χ4v) is 3.09. The van der Waals surface area contributed by atoms with Gasteiger partial charge in [-0.3, -0.25) is 14.7 Å². The summed E-state index contributed by atoms with van der Waals surface area (Å²) in [6.07, 6.45) is 5.61. The first-order valence-electron chi connectivity index (χ1n) is 8.44. The molecule has 1 amide bonds. The maximum absolute atomic E-state index is 12.3. The highest BCUT2D eigenvalue weighted by molar-refractivity contribution is 5.83. The Morgan fingerprint density at radius 2 is 1.96 bits per heavy atom. The Labute approximate surface area is 142 Å². The molecule has 5 heteroatoms. The molecule has 2 heterocycles. The number of amides is 1. The predicted molar refractivity (Wildman–Crippen MR) is 94.0 cm³/mol. The molecule has 1 atom stereocenters.